The summed E-state index contributed by atoms with van der Waals surface area (Å²) in [5.41, 5.74) is 4.35. The van der Waals surface area contributed by atoms with Crippen LogP contribution in [-0.2, 0) is 11.2 Å². The van der Waals surface area contributed by atoms with E-state index >= 15 is 0 Å². The van der Waals surface area contributed by atoms with Crippen LogP contribution in [0.3, 0.4) is 0 Å². The summed E-state index contributed by atoms with van der Waals surface area (Å²) >= 11 is 0. The number of aromatic amines is 1. The third-order valence-electron chi connectivity index (χ3n) is 5.45. The summed E-state index contributed by atoms with van der Waals surface area (Å²) in [7, 11) is 0. The van der Waals surface area contributed by atoms with Crippen molar-refractivity contribution < 1.29 is 19.1 Å². The molecule has 0 radical (unpaired) electrons. The van der Waals surface area contributed by atoms with Gasteiger partial charge in [0.25, 0.3) is 5.91 Å². The number of carbonyl (C=O) groups is 3. The maximum Gasteiger partial charge on any atom is 0.414 e. The van der Waals surface area contributed by atoms with E-state index in [4.69, 9.17) is 4.74 Å². The number of hydrogen-bond donors (Lipinski definition) is 2. The first kappa shape index (κ1) is 18.3. The molecule has 2 aliphatic rings. The molecule has 0 saturated carbocycles. The van der Waals surface area contributed by atoms with Gasteiger partial charge in [0, 0.05) is 23.4 Å². The molecule has 146 valence electrons. The summed E-state index contributed by atoms with van der Waals surface area (Å²) < 4.78 is 4.99. The zero-order chi connectivity index (χ0) is 19.8. The summed E-state index contributed by atoms with van der Waals surface area (Å²) in [6, 6.07) is 7.23. The highest BCUT2D eigenvalue weighted by Crippen LogP contribution is 2.27. The molecule has 1 atom stereocenters. The zero-order valence-electron chi connectivity index (χ0n) is 16.0. The third-order valence-corrected chi connectivity index (χ3v) is 5.45. The topological polar surface area (TPSA) is 91.5 Å². The third kappa shape index (κ3) is 3.17. The molecule has 0 spiro atoms. The van der Waals surface area contributed by atoms with E-state index in [1.807, 2.05) is 38.1 Å². The van der Waals surface area contributed by atoms with E-state index in [2.05, 4.69) is 10.3 Å². The molecule has 1 aliphatic heterocycles. The summed E-state index contributed by atoms with van der Waals surface area (Å²) in [5.74, 6) is -0.134. The standard InChI is InChI=1S/C21H23N3O4/c1-12-18-16(7-4-8-17(18)25)23-19(12)20(26)22-13(2)14-5-3-6-15(11-14)24-9-10-28-21(24)27/h3,5-6,11,13,23H,4,7-10H2,1-2H3,(H,22,26)/t13-/m1/s1. The Morgan fingerprint density at radius 1 is 1.29 bits per heavy atom. The van der Waals surface area contributed by atoms with Crippen molar-refractivity contribution in [2.75, 3.05) is 18.1 Å². The number of hydrogen-bond acceptors (Lipinski definition) is 4. The van der Waals surface area contributed by atoms with Crippen molar-refractivity contribution in [3.05, 3.63) is 52.3 Å². The second kappa shape index (κ2) is 7.14. The quantitative estimate of drug-likeness (QED) is 0.850. The lowest BCUT2D eigenvalue weighted by atomic mass is 9.94. The Morgan fingerprint density at radius 3 is 2.82 bits per heavy atom. The number of benzene rings is 1. The highest BCUT2D eigenvalue weighted by atomic mass is 16.6. The minimum Gasteiger partial charge on any atom is -0.447 e. The molecule has 2 aromatic rings. The molecule has 7 heteroatoms. The van der Waals surface area contributed by atoms with Gasteiger partial charge < -0.3 is 15.0 Å². The molecule has 2 N–H and O–H groups in total. The first-order chi connectivity index (χ1) is 13.5. The Bertz CT molecular complexity index is 963. The number of nitrogens with zero attached hydrogens (tertiary/aromatic N) is 1. The van der Waals surface area contributed by atoms with E-state index in [0.717, 1.165) is 35.3 Å². The molecule has 1 fully saturated rings. The number of cyclic esters (lactones) is 1. The predicted octanol–water partition coefficient (Wildman–Crippen LogP) is 3.29. The van der Waals surface area contributed by atoms with Crippen molar-refractivity contribution in [2.24, 2.45) is 0 Å². The minimum absolute atomic E-state index is 0.104. The molecule has 2 heterocycles. The van der Waals surface area contributed by atoms with Crippen LogP contribution in [0.1, 0.15) is 63.5 Å². The molecule has 1 saturated heterocycles. The number of rotatable bonds is 4. The van der Waals surface area contributed by atoms with E-state index in [1.54, 1.807) is 4.90 Å². The van der Waals surface area contributed by atoms with Crippen molar-refractivity contribution in [3.63, 3.8) is 0 Å². The van der Waals surface area contributed by atoms with E-state index in [1.165, 1.54) is 0 Å². The van der Waals surface area contributed by atoms with Gasteiger partial charge in [-0.05, 0) is 49.9 Å². The predicted molar refractivity (Wildman–Crippen MR) is 104 cm³/mol. The van der Waals surface area contributed by atoms with Gasteiger partial charge in [-0.25, -0.2) is 4.79 Å². The van der Waals surface area contributed by atoms with Crippen LogP contribution < -0.4 is 10.2 Å². The molecule has 1 aromatic heterocycles. The number of amides is 2. The Hall–Kier alpha value is -3.09. The van der Waals surface area contributed by atoms with Gasteiger partial charge in [-0.2, -0.15) is 0 Å². The zero-order valence-corrected chi connectivity index (χ0v) is 16.0. The van der Waals surface area contributed by atoms with Crippen LogP contribution in [-0.4, -0.2) is 35.9 Å². The van der Waals surface area contributed by atoms with Crippen LogP contribution >= 0.6 is 0 Å². The van der Waals surface area contributed by atoms with Gasteiger partial charge in [0.2, 0.25) is 0 Å². The number of aromatic nitrogens is 1. The molecule has 1 aliphatic carbocycles. The lowest BCUT2D eigenvalue weighted by molar-refractivity contribution is 0.0934. The van der Waals surface area contributed by atoms with Gasteiger partial charge in [-0.3, -0.25) is 14.5 Å². The number of anilines is 1. The van der Waals surface area contributed by atoms with Crippen molar-refractivity contribution in [1.29, 1.82) is 0 Å². The van der Waals surface area contributed by atoms with Crippen LogP contribution in [0.2, 0.25) is 0 Å². The van der Waals surface area contributed by atoms with E-state index < -0.39 is 0 Å². The normalized spacial score (nSPS) is 17.3. The number of aryl methyl sites for hydroxylation is 1. The van der Waals surface area contributed by atoms with Crippen molar-refractivity contribution in [3.8, 4) is 0 Å². The fourth-order valence-electron chi connectivity index (χ4n) is 3.94. The van der Waals surface area contributed by atoms with Crippen LogP contribution in [0.15, 0.2) is 24.3 Å². The molecule has 28 heavy (non-hydrogen) atoms. The number of fused-ring (bicyclic) bond motifs is 1. The van der Waals surface area contributed by atoms with Crippen molar-refractivity contribution in [1.82, 2.24) is 10.3 Å². The lowest BCUT2D eigenvalue weighted by Gasteiger charge is -2.18. The van der Waals surface area contributed by atoms with Gasteiger partial charge in [0.15, 0.2) is 5.78 Å². The van der Waals surface area contributed by atoms with Gasteiger partial charge in [-0.1, -0.05) is 12.1 Å². The largest absolute Gasteiger partial charge is 0.447 e. The van der Waals surface area contributed by atoms with Crippen LogP contribution in [0, 0.1) is 6.92 Å². The maximum absolute atomic E-state index is 12.8. The molecule has 7 nitrogen and oxygen atoms in total. The van der Waals surface area contributed by atoms with Crippen LogP contribution in [0.4, 0.5) is 10.5 Å². The second-order valence-electron chi connectivity index (χ2n) is 7.31. The summed E-state index contributed by atoms with van der Waals surface area (Å²) in [4.78, 5) is 41.5. The fourth-order valence-corrected chi connectivity index (χ4v) is 3.94. The molecular formula is C21H23N3O4. The Kier molecular flexibility index (Phi) is 4.66. The van der Waals surface area contributed by atoms with Crippen molar-refractivity contribution in [2.45, 2.75) is 39.2 Å². The molecular weight excluding hydrogens is 358 g/mol. The molecule has 0 unspecified atom stereocenters. The van der Waals surface area contributed by atoms with Gasteiger partial charge in [0.1, 0.15) is 12.3 Å². The van der Waals surface area contributed by atoms with Gasteiger partial charge in [0.05, 0.1) is 12.6 Å². The highest BCUT2D eigenvalue weighted by molar-refractivity contribution is 6.04. The Morgan fingerprint density at radius 2 is 2.11 bits per heavy atom. The SMILES string of the molecule is Cc1c(C(=O)N[C@H](C)c2cccc(N3CCOC3=O)c2)[nH]c2c1C(=O)CCC2. The van der Waals surface area contributed by atoms with Gasteiger partial charge >= 0.3 is 6.09 Å². The fraction of sp³-hybridized carbons (Fsp3) is 0.381. The average molecular weight is 381 g/mol. The summed E-state index contributed by atoms with van der Waals surface area (Å²) in [6.45, 7) is 4.61. The number of nitrogens with one attached hydrogen (secondary N) is 2. The monoisotopic (exact) mass is 381 g/mol. The summed E-state index contributed by atoms with van der Waals surface area (Å²) in [5, 5.41) is 2.99. The van der Waals surface area contributed by atoms with E-state index in [0.29, 0.717) is 30.8 Å². The highest BCUT2D eigenvalue weighted by Gasteiger charge is 2.27. The number of ketones is 1. The number of ether oxygens (including phenoxy) is 1. The molecule has 2 amide bonds. The lowest BCUT2D eigenvalue weighted by Crippen LogP contribution is -2.28. The summed E-state index contributed by atoms with van der Waals surface area (Å²) in [6.07, 6.45) is 1.79. The average Bonchev–Trinajstić information content (AvgIpc) is 3.26. The first-order valence-electron chi connectivity index (χ1n) is 9.55. The van der Waals surface area contributed by atoms with Crippen molar-refractivity contribution >= 4 is 23.5 Å². The van der Waals surface area contributed by atoms with Crippen LogP contribution in [0.25, 0.3) is 0 Å². The van der Waals surface area contributed by atoms with Gasteiger partial charge in [-0.15, -0.1) is 0 Å². The molecule has 4 rings (SSSR count). The van der Waals surface area contributed by atoms with E-state index in [9.17, 15) is 14.4 Å². The van der Waals surface area contributed by atoms with Crippen LogP contribution in [0.5, 0.6) is 0 Å². The molecule has 0 bridgehead atoms. The first-order valence-corrected chi connectivity index (χ1v) is 9.55. The Labute approximate surface area is 163 Å². The van der Waals surface area contributed by atoms with E-state index in [-0.39, 0.29) is 23.8 Å². The smallest absolute Gasteiger partial charge is 0.414 e. The number of Topliss-reactive ketones (excluding diaryl/α,β-unsaturated/α-hetero) is 1. The maximum atomic E-state index is 12.8. The Balaban J connectivity index is 1.53. The number of H-pyrrole nitrogens is 1. The second-order valence-corrected chi connectivity index (χ2v) is 7.31. The number of carbonyl (C=O) groups excluding carboxylic acids is 3. The minimum atomic E-state index is -0.355. The molecule has 1 aromatic carbocycles.